The lowest BCUT2D eigenvalue weighted by Crippen LogP contribution is -2.48. The zero-order valence-corrected chi connectivity index (χ0v) is 17.6. The van der Waals surface area contributed by atoms with E-state index in [4.69, 9.17) is 0 Å². The van der Waals surface area contributed by atoms with Crippen molar-refractivity contribution in [2.45, 2.75) is 25.6 Å². The maximum Gasteiger partial charge on any atom is 0.573 e. The summed E-state index contributed by atoms with van der Waals surface area (Å²) in [6.45, 7) is 2.53. The summed E-state index contributed by atoms with van der Waals surface area (Å²) in [6, 6.07) is 14.3. The van der Waals surface area contributed by atoms with E-state index in [0.717, 1.165) is 18.0 Å². The number of benzene rings is 2. The molecule has 5 nitrogen and oxygen atoms in total. The molecule has 1 aromatic heterocycles. The fourth-order valence-corrected chi connectivity index (χ4v) is 4.66. The van der Waals surface area contributed by atoms with E-state index in [1.807, 2.05) is 23.1 Å². The molecule has 164 valence electrons. The van der Waals surface area contributed by atoms with Crippen LogP contribution in [0.15, 0.2) is 48.5 Å². The number of aromatic nitrogens is 1. The number of carbonyl (C=O) groups is 1. The fraction of sp³-hybridized carbons (Fsp3) is 0.364. The number of hydrogen-bond donors (Lipinski definition) is 0. The van der Waals surface area contributed by atoms with Gasteiger partial charge in [-0.05, 0) is 30.5 Å². The van der Waals surface area contributed by atoms with Crippen molar-refractivity contribution in [3.63, 3.8) is 0 Å². The molecule has 1 aliphatic rings. The third kappa shape index (κ3) is 5.66. The largest absolute Gasteiger partial charge is 0.573 e. The van der Waals surface area contributed by atoms with Crippen molar-refractivity contribution in [1.82, 2.24) is 9.88 Å². The van der Waals surface area contributed by atoms with Gasteiger partial charge in [0.2, 0.25) is 5.91 Å². The van der Waals surface area contributed by atoms with Crippen LogP contribution in [0.4, 0.5) is 18.3 Å². The number of alkyl halides is 3. The summed E-state index contributed by atoms with van der Waals surface area (Å²) < 4.78 is 41.9. The molecule has 31 heavy (non-hydrogen) atoms. The fourth-order valence-electron chi connectivity index (χ4n) is 3.62. The zero-order valence-electron chi connectivity index (χ0n) is 16.8. The lowest BCUT2D eigenvalue weighted by molar-refractivity contribution is -0.274. The molecule has 0 radical (unpaired) electrons. The molecule has 0 bridgehead atoms. The van der Waals surface area contributed by atoms with Gasteiger partial charge >= 0.3 is 6.36 Å². The number of aryl methyl sites for hydroxylation is 1. The van der Waals surface area contributed by atoms with E-state index < -0.39 is 6.36 Å². The number of ether oxygens (including phenoxy) is 1. The predicted molar refractivity (Wildman–Crippen MR) is 114 cm³/mol. The van der Waals surface area contributed by atoms with E-state index in [1.54, 1.807) is 0 Å². The van der Waals surface area contributed by atoms with Gasteiger partial charge in [-0.25, -0.2) is 4.98 Å². The molecule has 2 heterocycles. The Morgan fingerprint density at radius 1 is 1.06 bits per heavy atom. The Morgan fingerprint density at radius 3 is 2.52 bits per heavy atom. The van der Waals surface area contributed by atoms with Crippen molar-refractivity contribution in [2.75, 3.05) is 31.1 Å². The second kappa shape index (κ2) is 9.13. The number of hydrogen-bond acceptors (Lipinski definition) is 5. The van der Waals surface area contributed by atoms with Gasteiger partial charge in [-0.2, -0.15) is 0 Å². The lowest BCUT2D eigenvalue weighted by Gasteiger charge is -2.34. The molecular formula is C22H22F3N3O2S. The van der Waals surface area contributed by atoms with E-state index >= 15 is 0 Å². The Labute approximate surface area is 182 Å². The molecule has 0 aliphatic carbocycles. The van der Waals surface area contributed by atoms with Gasteiger partial charge in [-0.15, -0.1) is 13.2 Å². The molecule has 0 spiro atoms. The smallest absolute Gasteiger partial charge is 0.406 e. The van der Waals surface area contributed by atoms with Crippen molar-refractivity contribution >= 4 is 32.6 Å². The number of anilines is 1. The summed E-state index contributed by atoms with van der Waals surface area (Å²) in [6.07, 6.45) is -2.48. The Bertz CT molecular complexity index is 1030. The second-order valence-corrected chi connectivity index (χ2v) is 8.39. The highest BCUT2D eigenvalue weighted by molar-refractivity contribution is 7.22. The predicted octanol–water partition coefficient (Wildman–Crippen LogP) is 4.87. The molecule has 0 unspecified atom stereocenters. The third-order valence-corrected chi connectivity index (χ3v) is 6.26. The minimum Gasteiger partial charge on any atom is -0.406 e. The van der Waals surface area contributed by atoms with Crippen molar-refractivity contribution in [1.29, 1.82) is 0 Å². The van der Waals surface area contributed by atoms with E-state index in [0.29, 0.717) is 42.8 Å². The van der Waals surface area contributed by atoms with Crippen LogP contribution in [-0.4, -0.2) is 48.3 Å². The van der Waals surface area contributed by atoms with Gasteiger partial charge in [0, 0.05) is 38.7 Å². The number of thiazole rings is 1. The Balaban J connectivity index is 1.30. The zero-order chi connectivity index (χ0) is 21.8. The number of nitrogens with zero attached hydrogens (tertiary/aromatic N) is 3. The number of halogens is 3. The maximum atomic E-state index is 12.5. The highest BCUT2D eigenvalue weighted by Crippen LogP contribution is 2.33. The molecule has 2 aromatic carbocycles. The molecule has 9 heteroatoms. The first kappa shape index (κ1) is 21.4. The Morgan fingerprint density at radius 2 is 1.81 bits per heavy atom. The van der Waals surface area contributed by atoms with Gasteiger partial charge in [0.15, 0.2) is 5.13 Å². The first-order chi connectivity index (χ1) is 14.9. The molecule has 1 aliphatic heterocycles. The number of piperazine rings is 1. The second-order valence-electron chi connectivity index (χ2n) is 7.38. The standard InChI is InChI=1S/C22H22F3N3O2S/c23-22(24,25)30-17-9-10-18-19(15-17)31-21(26-18)28-13-11-27(12-14-28)20(29)8-4-7-16-5-2-1-3-6-16/h1-3,5-6,9-10,15H,4,7-8,11-14H2. The van der Waals surface area contributed by atoms with Gasteiger partial charge in [0.25, 0.3) is 0 Å². The van der Waals surface area contributed by atoms with Crippen molar-refractivity contribution in [3.8, 4) is 5.75 Å². The molecule has 1 saturated heterocycles. The SMILES string of the molecule is O=C(CCCc1ccccc1)N1CCN(c2nc3ccc(OC(F)(F)F)cc3s2)CC1. The van der Waals surface area contributed by atoms with Crippen LogP contribution in [-0.2, 0) is 11.2 Å². The summed E-state index contributed by atoms with van der Waals surface area (Å²) in [4.78, 5) is 21.0. The summed E-state index contributed by atoms with van der Waals surface area (Å²) in [5, 5.41) is 0.746. The van der Waals surface area contributed by atoms with Gasteiger partial charge in [0.1, 0.15) is 5.75 Å². The summed E-state index contributed by atoms with van der Waals surface area (Å²) in [5.41, 5.74) is 1.87. The molecular weight excluding hydrogens is 427 g/mol. The van der Waals surface area contributed by atoms with Crippen LogP contribution in [0.5, 0.6) is 5.75 Å². The van der Waals surface area contributed by atoms with E-state index in [9.17, 15) is 18.0 Å². The van der Waals surface area contributed by atoms with Crippen LogP contribution in [0, 0.1) is 0 Å². The highest BCUT2D eigenvalue weighted by Gasteiger charge is 2.31. The molecule has 4 rings (SSSR count). The summed E-state index contributed by atoms with van der Waals surface area (Å²) >= 11 is 1.33. The van der Waals surface area contributed by atoms with Crippen LogP contribution < -0.4 is 9.64 Å². The number of rotatable bonds is 6. The van der Waals surface area contributed by atoms with Gasteiger partial charge < -0.3 is 14.5 Å². The summed E-state index contributed by atoms with van der Waals surface area (Å²) in [7, 11) is 0. The van der Waals surface area contributed by atoms with E-state index in [-0.39, 0.29) is 11.7 Å². The Kier molecular flexibility index (Phi) is 6.31. The van der Waals surface area contributed by atoms with Crippen LogP contribution >= 0.6 is 11.3 Å². The van der Waals surface area contributed by atoms with Crippen LogP contribution in [0.2, 0.25) is 0 Å². The quantitative estimate of drug-likeness (QED) is 0.539. The van der Waals surface area contributed by atoms with Crippen molar-refractivity contribution in [2.24, 2.45) is 0 Å². The van der Waals surface area contributed by atoms with Crippen molar-refractivity contribution in [3.05, 3.63) is 54.1 Å². The third-order valence-electron chi connectivity index (χ3n) is 5.18. The number of carbonyl (C=O) groups excluding carboxylic acids is 1. The van der Waals surface area contributed by atoms with E-state index in [2.05, 4.69) is 26.8 Å². The molecule has 0 saturated carbocycles. The molecule has 0 atom stereocenters. The molecule has 3 aromatic rings. The van der Waals surface area contributed by atoms with Crippen LogP contribution in [0.25, 0.3) is 10.2 Å². The average Bonchev–Trinajstić information content (AvgIpc) is 3.17. The van der Waals surface area contributed by atoms with E-state index in [1.165, 1.54) is 35.1 Å². The molecule has 1 fully saturated rings. The maximum absolute atomic E-state index is 12.5. The highest BCUT2D eigenvalue weighted by atomic mass is 32.1. The van der Waals surface area contributed by atoms with Crippen LogP contribution in [0.3, 0.4) is 0 Å². The van der Waals surface area contributed by atoms with Crippen LogP contribution in [0.1, 0.15) is 18.4 Å². The van der Waals surface area contributed by atoms with Crippen molar-refractivity contribution < 1.29 is 22.7 Å². The monoisotopic (exact) mass is 449 g/mol. The topological polar surface area (TPSA) is 45.7 Å². The first-order valence-corrected chi connectivity index (χ1v) is 10.9. The Hall–Kier alpha value is -2.81. The van der Waals surface area contributed by atoms with Gasteiger partial charge in [-0.3, -0.25) is 4.79 Å². The number of fused-ring (bicyclic) bond motifs is 1. The lowest BCUT2D eigenvalue weighted by atomic mass is 10.1. The normalized spacial score (nSPS) is 14.8. The molecule has 1 amide bonds. The summed E-state index contributed by atoms with van der Waals surface area (Å²) in [5.74, 6) is -0.0880. The molecule has 0 N–H and O–H groups in total. The van der Waals surface area contributed by atoms with Gasteiger partial charge in [-0.1, -0.05) is 41.7 Å². The first-order valence-electron chi connectivity index (χ1n) is 10.1. The van der Waals surface area contributed by atoms with Gasteiger partial charge in [0.05, 0.1) is 10.2 Å². The minimum absolute atomic E-state index is 0.161. The number of amides is 1. The average molecular weight is 449 g/mol. The minimum atomic E-state index is -4.72.